The quantitative estimate of drug-likeness (QED) is 0.435. The first kappa shape index (κ1) is 22.9. The number of anilines is 1. The number of fused-ring (bicyclic) bond motifs is 1. The Balaban J connectivity index is 1.80. The Morgan fingerprint density at radius 1 is 1.03 bits per heavy atom. The number of primary amides is 1. The van der Waals surface area contributed by atoms with Crippen molar-refractivity contribution in [1.29, 1.82) is 0 Å². The fraction of sp³-hybridized carbons (Fsp3) is 0.250. The van der Waals surface area contributed by atoms with E-state index in [9.17, 15) is 14.4 Å². The summed E-state index contributed by atoms with van der Waals surface area (Å²) in [6.07, 6.45) is 0.422. The van der Waals surface area contributed by atoms with Crippen molar-refractivity contribution in [1.82, 2.24) is 24.0 Å². The summed E-state index contributed by atoms with van der Waals surface area (Å²) in [6, 6.07) is 15.5. The van der Waals surface area contributed by atoms with E-state index in [1.165, 1.54) is 0 Å². The van der Waals surface area contributed by atoms with Gasteiger partial charge in [0.2, 0.25) is 5.95 Å². The highest BCUT2D eigenvalue weighted by Crippen LogP contribution is 2.29. The number of benzene rings is 2. The number of halogens is 1. The molecule has 1 aliphatic rings. The van der Waals surface area contributed by atoms with Gasteiger partial charge in [0.25, 0.3) is 5.56 Å². The Morgan fingerprint density at radius 2 is 1.71 bits per heavy atom. The molecule has 3 N–H and O–H groups in total. The van der Waals surface area contributed by atoms with Crippen LogP contribution in [0.1, 0.15) is 5.56 Å². The van der Waals surface area contributed by atoms with Crippen molar-refractivity contribution in [3.8, 4) is 5.69 Å². The predicted octanol–water partition coefficient (Wildman–Crippen LogP) is 1.58. The standard InChI is InChI=1S/C24H24ClN7O3/c25-17-8-4-5-9-18(17)31-19-20(28-23(31)29-14-11-27-12-15-29)32(22(26)34)24(35)30(21(19)33)13-10-16-6-2-1-3-7-16/h1-9,27H,10-15H2,(H2,26,34). The third-order valence-corrected chi connectivity index (χ3v) is 6.42. The molecule has 0 bridgehead atoms. The highest BCUT2D eigenvalue weighted by molar-refractivity contribution is 6.32. The molecule has 0 atom stereocenters. The van der Waals surface area contributed by atoms with Gasteiger partial charge < -0.3 is 16.0 Å². The molecule has 2 aromatic heterocycles. The lowest BCUT2D eigenvalue weighted by Gasteiger charge is -2.28. The smallest absolute Gasteiger partial charge is 0.341 e. The highest BCUT2D eigenvalue weighted by atomic mass is 35.5. The minimum Gasteiger partial charge on any atom is -0.351 e. The van der Waals surface area contributed by atoms with Gasteiger partial charge in [0.05, 0.1) is 10.7 Å². The lowest BCUT2D eigenvalue weighted by Crippen LogP contribution is -2.45. The molecule has 180 valence electrons. The zero-order chi connectivity index (χ0) is 24.5. The topological polar surface area (TPSA) is 120 Å². The molecule has 35 heavy (non-hydrogen) atoms. The minimum atomic E-state index is -1.01. The van der Waals surface area contributed by atoms with Crippen LogP contribution in [0, 0.1) is 0 Å². The van der Waals surface area contributed by atoms with E-state index in [0.29, 0.717) is 36.2 Å². The molecule has 11 heteroatoms. The van der Waals surface area contributed by atoms with Crippen LogP contribution in [-0.4, -0.2) is 50.9 Å². The van der Waals surface area contributed by atoms with Gasteiger partial charge in [0.15, 0.2) is 11.2 Å². The van der Waals surface area contributed by atoms with Crippen LogP contribution < -0.4 is 27.2 Å². The van der Waals surface area contributed by atoms with E-state index in [0.717, 1.165) is 27.8 Å². The lowest BCUT2D eigenvalue weighted by molar-refractivity contribution is 0.249. The summed E-state index contributed by atoms with van der Waals surface area (Å²) in [6.45, 7) is 2.75. The van der Waals surface area contributed by atoms with E-state index in [2.05, 4.69) is 10.3 Å². The van der Waals surface area contributed by atoms with E-state index >= 15 is 0 Å². The summed E-state index contributed by atoms with van der Waals surface area (Å²) in [5, 5.41) is 3.68. The first-order chi connectivity index (χ1) is 17.0. The maximum atomic E-state index is 13.8. The van der Waals surface area contributed by atoms with Gasteiger partial charge in [-0.15, -0.1) is 0 Å². The SMILES string of the molecule is NC(=O)n1c(=O)n(CCc2ccccc2)c(=O)c2c1nc(N1CCNCC1)n2-c1ccccc1Cl. The molecule has 3 heterocycles. The number of para-hydroxylation sites is 1. The third-order valence-electron chi connectivity index (χ3n) is 6.10. The van der Waals surface area contributed by atoms with Crippen LogP contribution in [0.3, 0.4) is 0 Å². The summed E-state index contributed by atoms with van der Waals surface area (Å²) in [4.78, 5) is 46.1. The van der Waals surface area contributed by atoms with Gasteiger partial charge in [-0.3, -0.25) is 13.9 Å². The number of nitrogens with one attached hydrogen (secondary N) is 1. The summed E-state index contributed by atoms with van der Waals surface area (Å²) >= 11 is 6.55. The molecule has 5 rings (SSSR count). The van der Waals surface area contributed by atoms with Crippen molar-refractivity contribution in [2.75, 3.05) is 31.1 Å². The Labute approximate surface area is 205 Å². The normalized spacial score (nSPS) is 13.9. The van der Waals surface area contributed by atoms with Crippen molar-refractivity contribution in [2.45, 2.75) is 13.0 Å². The van der Waals surface area contributed by atoms with Crippen LogP contribution in [0.15, 0.2) is 64.2 Å². The van der Waals surface area contributed by atoms with Gasteiger partial charge >= 0.3 is 11.7 Å². The second-order valence-electron chi connectivity index (χ2n) is 8.26. The molecule has 0 unspecified atom stereocenters. The molecule has 10 nitrogen and oxygen atoms in total. The molecule has 2 aromatic carbocycles. The number of hydrogen-bond acceptors (Lipinski definition) is 6. The number of nitrogens with two attached hydrogens (primary N) is 1. The van der Waals surface area contributed by atoms with E-state index < -0.39 is 17.3 Å². The van der Waals surface area contributed by atoms with Crippen LogP contribution in [-0.2, 0) is 13.0 Å². The average Bonchev–Trinajstić information content (AvgIpc) is 3.25. The zero-order valence-electron chi connectivity index (χ0n) is 18.9. The molecule has 1 fully saturated rings. The Morgan fingerprint density at radius 3 is 2.40 bits per heavy atom. The van der Waals surface area contributed by atoms with E-state index in [1.807, 2.05) is 35.2 Å². The molecular formula is C24H24ClN7O3. The second kappa shape index (κ2) is 9.40. The number of rotatable bonds is 5. The number of imidazole rings is 1. The average molecular weight is 494 g/mol. The van der Waals surface area contributed by atoms with Crippen molar-refractivity contribution in [2.24, 2.45) is 5.73 Å². The van der Waals surface area contributed by atoms with E-state index in [4.69, 9.17) is 17.3 Å². The summed E-state index contributed by atoms with van der Waals surface area (Å²) in [5.41, 5.74) is 5.69. The van der Waals surface area contributed by atoms with E-state index in [1.54, 1.807) is 28.8 Å². The predicted molar refractivity (Wildman–Crippen MR) is 135 cm³/mol. The van der Waals surface area contributed by atoms with Gasteiger partial charge in [0.1, 0.15) is 0 Å². The van der Waals surface area contributed by atoms with Crippen LogP contribution in [0.25, 0.3) is 16.9 Å². The molecule has 4 aromatic rings. The van der Waals surface area contributed by atoms with Crippen molar-refractivity contribution in [3.63, 3.8) is 0 Å². The number of aryl methyl sites for hydroxylation is 1. The first-order valence-corrected chi connectivity index (χ1v) is 11.7. The second-order valence-corrected chi connectivity index (χ2v) is 8.66. The maximum absolute atomic E-state index is 13.8. The summed E-state index contributed by atoms with van der Waals surface area (Å²) in [5.74, 6) is 0.418. The molecule has 1 aliphatic heterocycles. The fourth-order valence-electron chi connectivity index (χ4n) is 4.39. The largest absolute Gasteiger partial charge is 0.351 e. The number of hydrogen-bond donors (Lipinski definition) is 2. The molecule has 0 radical (unpaired) electrons. The van der Waals surface area contributed by atoms with Crippen molar-refractivity contribution < 1.29 is 4.79 Å². The Bertz CT molecular complexity index is 1520. The maximum Gasteiger partial charge on any atom is 0.341 e. The van der Waals surface area contributed by atoms with Gasteiger partial charge in [0, 0.05) is 32.7 Å². The molecule has 1 saturated heterocycles. The van der Waals surface area contributed by atoms with Gasteiger partial charge in [-0.1, -0.05) is 54.1 Å². The number of carbonyl (C=O) groups is 1. The van der Waals surface area contributed by atoms with Crippen LogP contribution >= 0.6 is 11.6 Å². The van der Waals surface area contributed by atoms with E-state index in [-0.39, 0.29) is 17.7 Å². The fourth-order valence-corrected chi connectivity index (χ4v) is 4.61. The van der Waals surface area contributed by atoms with Gasteiger partial charge in [-0.05, 0) is 24.1 Å². The van der Waals surface area contributed by atoms with Crippen LogP contribution in [0.5, 0.6) is 0 Å². The molecule has 0 aliphatic carbocycles. The number of carbonyl (C=O) groups excluding carboxylic acids is 1. The number of piperazine rings is 1. The molecule has 0 saturated carbocycles. The Kier molecular flexibility index (Phi) is 6.14. The lowest BCUT2D eigenvalue weighted by atomic mass is 10.1. The highest BCUT2D eigenvalue weighted by Gasteiger charge is 2.28. The molecule has 1 amide bonds. The van der Waals surface area contributed by atoms with Crippen LogP contribution in [0.2, 0.25) is 5.02 Å². The summed E-state index contributed by atoms with van der Waals surface area (Å²) < 4.78 is 3.43. The first-order valence-electron chi connectivity index (χ1n) is 11.3. The van der Waals surface area contributed by atoms with Crippen LogP contribution in [0.4, 0.5) is 10.7 Å². The minimum absolute atomic E-state index is 0.0677. The Hall–Kier alpha value is -3.89. The zero-order valence-corrected chi connectivity index (χ0v) is 19.6. The van der Waals surface area contributed by atoms with Crippen molar-refractivity contribution in [3.05, 3.63) is 86.0 Å². The number of amides is 1. The van der Waals surface area contributed by atoms with Crippen molar-refractivity contribution >= 4 is 34.7 Å². The van der Waals surface area contributed by atoms with Gasteiger partial charge in [-0.25, -0.2) is 9.59 Å². The molecule has 0 spiro atoms. The number of aromatic nitrogens is 4. The molecular weight excluding hydrogens is 470 g/mol. The monoisotopic (exact) mass is 493 g/mol. The number of nitrogens with zero attached hydrogens (tertiary/aromatic N) is 5. The van der Waals surface area contributed by atoms with Gasteiger partial charge in [-0.2, -0.15) is 9.55 Å². The summed E-state index contributed by atoms with van der Waals surface area (Å²) in [7, 11) is 0. The third kappa shape index (κ3) is 4.11.